The van der Waals surface area contributed by atoms with Crippen molar-refractivity contribution in [2.45, 2.75) is 24.8 Å². The molecule has 0 radical (unpaired) electrons. The number of aromatic nitrogens is 2. The lowest BCUT2D eigenvalue weighted by atomic mass is 10.1. The topological polar surface area (TPSA) is 38.3 Å². The number of rotatable bonds is 3. The van der Waals surface area contributed by atoms with Crippen LogP contribution in [0.25, 0.3) is 5.70 Å². The summed E-state index contributed by atoms with van der Waals surface area (Å²) in [5.41, 5.74) is 4.58. The van der Waals surface area contributed by atoms with Crippen molar-refractivity contribution in [3.63, 3.8) is 0 Å². The predicted molar refractivity (Wildman–Crippen MR) is 89.8 cm³/mol. The molecule has 1 aromatic heterocycles. The summed E-state index contributed by atoms with van der Waals surface area (Å²) >= 11 is 1.63. The molecule has 2 aliphatic rings. The number of fused-ring (bicyclic) bond motifs is 1. The van der Waals surface area contributed by atoms with E-state index in [4.69, 9.17) is 4.74 Å². The molecule has 0 N–H and O–H groups in total. The smallest absolute Gasteiger partial charge is 0.122 e. The van der Waals surface area contributed by atoms with Crippen molar-refractivity contribution in [1.29, 1.82) is 0 Å². The molecule has 0 bridgehead atoms. The molecule has 0 amide bonds. The molecule has 0 saturated carbocycles. The van der Waals surface area contributed by atoms with Crippen LogP contribution in [0.15, 0.2) is 58.9 Å². The molecule has 0 fully saturated rings. The van der Waals surface area contributed by atoms with Crippen LogP contribution < -0.4 is 0 Å². The second kappa shape index (κ2) is 6.40. The fourth-order valence-electron chi connectivity index (χ4n) is 2.62. The maximum absolute atomic E-state index is 5.37. The van der Waals surface area contributed by atoms with Crippen LogP contribution in [0.4, 0.5) is 0 Å². The molecule has 0 saturated heterocycles. The molecule has 0 atom stereocenters. The first-order chi connectivity index (χ1) is 10.7. The second-order valence-electron chi connectivity index (χ2n) is 5.18. The van der Waals surface area contributed by atoms with Crippen LogP contribution in [-0.4, -0.2) is 28.2 Å². The first kappa shape index (κ1) is 14.9. The molecule has 0 unspecified atom stereocenters. The quantitative estimate of drug-likeness (QED) is 0.623. The summed E-state index contributed by atoms with van der Waals surface area (Å²) in [6.45, 7) is 2.18. The zero-order valence-electron chi connectivity index (χ0n) is 13.0. The summed E-state index contributed by atoms with van der Waals surface area (Å²) in [7, 11) is 1.70. The molecule has 114 valence electrons. The maximum Gasteiger partial charge on any atom is 0.122 e. The number of hydrogen-bond acceptors (Lipinski definition) is 5. The van der Waals surface area contributed by atoms with Gasteiger partial charge in [0.15, 0.2) is 0 Å². The summed E-state index contributed by atoms with van der Waals surface area (Å²) in [4.78, 5) is 10.9. The number of methoxy groups -OCH3 is 1. The van der Waals surface area contributed by atoms with Crippen LogP contribution >= 0.6 is 11.8 Å². The fourth-order valence-corrected chi connectivity index (χ4v) is 3.00. The summed E-state index contributed by atoms with van der Waals surface area (Å²) < 4.78 is 5.37. The number of hydrogen-bond donors (Lipinski definition) is 0. The molecule has 5 heteroatoms. The van der Waals surface area contributed by atoms with E-state index >= 15 is 0 Å². The van der Waals surface area contributed by atoms with Gasteiger partial charge in [0.1, 0.15) is 12.1 Å². The maximum atomic E-state index is 5.37. The average Bonchev–Trinajstić information content (AvgIpc) is 2.73. The number of nitrogens with zero attached hydrogens (tertiary/aromatic N) is 3. The predicted octanol–water partition coefficient (Wildman–Crippen LogP) is 3.97. The molecule has 3 heterocycles. The Bertz CT molecular complexity index is 704. The van der Waals surface area contributed by atoms with Gasteiger partial charge in [0.05, 0.1) is 23.5 Å². The van der Waals surface area contributed by atoms with Gasteiger partial charge in [-0.05, 0) is 43.7 Å². The van der Waals surface area contributed by atoms with Crippen molar-refractivity contribution in [3.05, 3.63) is 59.5 Å². The molecule has 0 spiro atoms. The Morgan fingerprint density at radius 3 is 2.95 bits per heavy atom. The van der Waals surface area contributed by atoms with Gasteiger partial charge < -0.3 is 9.64 Å². The van der Waals surface area contributed by atoms with E-state index in [9.17, 15) is 0 Å². The van der Waals surface area contributed by atoms with E-state index in [1.165, 1.54) is 11.3 Å². The molecule has 22 heavy (non-hydrogen) atoms. The van der Waals surface area contributed by atoms with Crippen LogP contribution in [0.2, 0.25) is 0 Å². The van der Waals surface area contributed by atoms with Gasteiger partial charge in [-0.1, -0.05) is 6.08 Å². The van der Waals surface area contributed by atoms with Crippen molar-refractivity contribution in [2.24, 2.45) is 0 Å². The lowest BCUT2D eigenvalue weighted by Crippen LogP contribution is -2.18. The van der Waals surface area contributed by atoms with Crippen molar-refractivity contribution >= 4 is 17.5 Å². The largest absolute Gasteiger partial charge is 0.497 e. The van der Waals surface area contributed by atoms with Gasteiger partial charge in [-0.2, -0.15) is 0 Å². The van der Waals surface area contributed by atoms with E-state index in [-0.39, 0.29) is 0 Å². The Kier molecular flexibility index (Phi) is 4.34. The Hall–Kier alpha value is -2.01. The number of allylic oxidation sites excluding steroid dienone is 4. The third-order valence-electron chi connectivity index (χ3n) is 3.83. The van der Waals surface area contributed by atoms with Crippen molar-refractivity contribution in [2.75, 3.05) is 13.4 Å². The highest BCUT2D eigenvalue weighted by molar-refractivity contribution is 7.98. The van der Waals surface area contributed by atoms with Crippen LogP contribution in [0.5, 0.6) is 0 Å². The third-order valence-corrected chi connectivity index (χ3v) is 4.47. The van der Waals surface area contributed by atoms with E-state index in [0.29, 0.717) is 0 Å². The lowest BCUT2D eigenvalue weighted by molar-refractivity contribution is 0.302. The highest BCUT2D eigenvalue weighted by atomic mass is 32.2. The normalized spacial score (nSPS) is 17.7. The molecular weight excluding hydrogens is 294 g/mol. The summed E-state index contributed by atoms with van der Waals surface area (Å²) in [5, 5.41) is 0.978. The van der Waals surface area contributed by atoms with Crippen molar-refractivity contribution < 1.29 is 4.74 Å². The standard InChI is InChI=1S/C17H19N3OS/c1-12-5-4-6-15(14-10-17(22-3)19-11-18-14)20-8-7-13(21-2)9-16(12)20/h6-11H,4-5H2,1-3H3. The zero-order chi connectivity index (χ0) is 15.5. The minimum absolute atomic E-state index is 0.874. The number of ether oxygens (including phenoxy) is 1. The first-order valence-electron chi connectivity index (χ1n) is 7.22. The number of thioether (sulfide) groups is 1. The van der Waals surface area contributed by atoms with E-state index in [2.05, 4.69) is 40.1 Å². The molecule has 3 rings (SSSR count). The zero-order valence-corrected chi connectivity index (χ0v) is 13.9. The van der Waals surface area contributed by atoms with Crippen molar-refractivity contribution in [1.82, 2.24) is 14.9 Å². The van der Waals surface area contributed by atoms with Gasteiger partial charge in [-0.15, -0.1) is 11.8 Å². The highest BCUT2D eigenvalue weighted by Gasteiger charge is 2.22. The van der Waals surface area contributed by atoms with Crippen LogP contribution in [0.3, 0.4) is 0 Å². The van der Waals surface area contributed by atoms with Crippen LogP contribution in [0.1, 0.15) is 25.5 Å². The summed E-state index contributed by atoms with van der Waals surface area (Å²) in [5.74, 6) is 0.874. The summed E-state index contributed by atoms with van der Waals surface area (Å²) in [6, 6.07) is 2.04. The first-order valence-corrected chi connectivity index (χ1v) is 8.45. The molecule has 0 aromatic carbocycles. The molecule has 0 aliphatic carbocycles. The van der Waals surface area contributed by atoms with E-state index in [1.807, 2.05) is 18.4 Å². The Morgan fingerprint density at radius 1 is 1.32 bits per heavy atom. The van der Waals surface area contributed by atoms with E-state index in [1.54, 1.807) is 25.2 Å². The van der Waals surface area contributed by atoms with Crippen LogP contribution in [0, 0.1) is 0 Å². The Balaban J connectivity index is 2.04. The molecule has 1 aromatic rings. The summed E-state index contributed by atoms with van der Waals surface area (Å²) in [6.07, 6.45) is 14.1. The molecule has 2 aliphatic heterocycles. The fraction of sp³-hybridized carbons (Fsp3) is 0.294. The van der Waals surface area contributed by atoms with Gasteiger partial charge in [-0.25, -0.2) is 9.97 Å². The van der Waals surface area contributed by atoms with Gasteiger partial charge >= 0.3 is 0 Å². The highest BCUT2D eigenvalue weighted by Crippen LogP contribution is 2.34. The van der Waals surface area contributed by atoms with Gasteiger partial charge in [0.25, 0.3) is 0 Å². The minimum Gasteiger partial charge on any atom is -0.497 e. The monoisotopic (exact) mass is 313 g/mol. The molecular formula is C17H19N3OS. The lowest BCUT2D eigenvalue weighted by Gasteiger charge is -2.28. The average molecular weight is 313 g/mol. The minimum atomic E-state index is 0.874. The SMILES string of the molecule is COC1=CC2=C(C)CCC=C(c3cc(SC)ncn3)N2C=C1. The Labute approximate surface area is 135 Å². The van der Waals surface area contributed by atoms with E-state index < -0.39 is 0 Å². The molecule has 4 nitrogen and oxygen atoms in total. The van der Waals surface area contributed by atoms with Crippen molar-refractivity contribution in [3.8, 4) is 0 Å². The third kappa shape index (κ3) is 2.81. The van der Waals surface area contributed by atoms with Gasteiger partial charge in [-0.3, -0.25) is 0 Å². The van der Waals surface area contributed by atoms with Crippen LogP contribution in [-0.2, 0) is 4.74 Å². The van der Waals surface area contributed by atoms with E-state index in [0.717, 1.165) is 35.0 Å². The van der Waals surface area contributed by atoms with Gasteiger partial charge in [0.2, 0.25) is 0 Å². The van der Waals surface area contributed by atoms with Gasteiger partial charge in [0, 0.05) is 18.0 Å². The Morgan fingerprint density at radius 2 is 2.18 bits per heavy atom. The second-order valence-corrected chi connectivity index (χ2v) is 6.00.